The van der Waals surface area contributed by atoms with Gasteiger partial charge in [-0.05, 0) is 36.1 Å². The second-order valence-corrected chi connectivity index (χ2v) is 5.75. The summed E-state index contributed by atoms with van der Waals surface area (Å²) >= 11 is 5.99. The van der Waals surface area contributed by atoms with Crippen molar-refractivity contribution >= 4 is 29.1 Å². The number of hydrogen-bond donors (Lipinski definition) is 2. The van der Waals surface area contributed by atoms with E-state index in [-0.39, 0.29) is 11.9 Å². The molecule has 1 aromatic carbocycles. The number of allylic oxidation sites excluding steroid dienone is 1. The molecule has 1 saturated heterocycles. The molecule has 0 saturated carbocycles. The van der Waals surface area contributed by atoms with E-state index in [1.165, 1.54) is 4.90 Å². The van der Waals surface area contributed by atoms with Crippen molar-refractivity contribution in [1.29, 1.82) is 0 Å². The Morgan fingerprint density at radius 3 is 2.86 bits per heavy atom. The molecule has 0 radical (unpaired) electrons. The van der Waals surface area contributed by atoms with Gasteiger partial charge in [0.25, 0.3) is 0 Å². The van der Waals surface area contributed by atoms with Gasteiger partial charge in [-0.1, -0.05) is 30.7 Å². The van der Waals surface area contributed by atoms with Crippen LogP contribution in [-0.4, -0.2) is 36.0 Å². The van der Waals surface area contributed by atoms with Gasteiger partial charge in [0, 0.05) is 30.2 Å². The van der Waals surface area contributed by atoms with Crippen molar-refractivity contribution < 1.29 is 9.59 Å². The monoisotopic (exact) mass is 321 g/mol. The molecule has 1 heterocycles. The van der Waals surface area contributed by atoms with Gasteiger partial charge < -0.3 is 16.0 Å². The van der Waals surface area contributed by atoms with Crippen molar-refractivity contribution in [3.05, 3.63) is 40.9 Å². The summed E-state index contributed by atoms with van der Waals surface area (Å²) < 4.78 is 0. The van der Waals surface area contributed by atoms with Crippen LogP contribution in [-0.2, 0) is 4.79 Å². The van der Waals surface area contributed by atoms with E-state index in [1.807, 2.05) is 25.1 Å². The number of carbonyl (C=O) groups is 2. The van der Waals surface area contributed by atoms with Gasteiger partial charge >= 0.3 is 6.03 Å². The Hall–Kier alpha value is -2.01. The van der Waals surface area contributed by atoms with E-state index >= 15 is 0 Å². The van der Waals surface area contributed by atoms with Crippen molar-refractivity contribution in [1.82, 2.24) is 10.2 Å². The number of urea groups is 1. The summed E-state index contributed by atoms with van der Waals surface area (Å²) in [6, 6.07) is 6.94. The van der Waals surface area contributed by atoms with Crippen LogP contribution in [0.25, 0.3) is 5.57 Å². The SMILES string of the molecule is CC/C(=C\C(=O)NC1CCN(C(N)=O)C1)c1cccc(Cl)c1. The standard InChI is InChI=1S/C16H20ClN3O2/c1-2-11(12-4-3-5-13(17)8-12)9-15(21)19-14-6-7-20(10-14)16(18)22/h3-5,8-9,14H,2,6-7,10H2,1H3,(H2,18,22)(H,19,21)/b11-9+. The molecule has 3 N–H and O–H groups in total. The molecule has 5 nitrogen and oxygen atoms in total. The van der Waals surface area contributed by atoms with Crippen LogP contribution in [0.2, 0.25) is 5.02 Å². The summed E-state index contributed by atoms with van der Waals surface area (Å²) in [4.78, 5) is 24.8. The number of halogens is 1. The molecule has 6 heteroatoms. The predicted molar refractivity (Wildman–Crippen MR) is 87.4 cm³/mol. The number of benzene rings is 1. The molecule has 1 aliphatic heterocycles. The Bertz CT molecular complexity index is 601. The number of likely N-dealkylation sites (tertiary alicyclic amines) is 1. The molecule has 0 aromatic heterocycles. The molecular weight excluding hydrogens is 302 g/mol. The van der Waals surface area contributed by atoms with Crippen LogP contribution in [0.1, 0.15) is 25.3 Å². The number of nitrogens with zero attached hydrogens (tertiary/aromatic N) is 1. The van der Waals surface area contributed by atoms with Crippen LogP contribution in [0.5, 0.6) is 0 Å². The van der Waals surface area contributed by atoms with Crippen molar-refractivity contribution in [2.24, 2.45) is 5.73 Å². The van der Waals surface area contributed by atoms with E-state index in [9.17, 15) is 9.59 Å². The third-order valence-electron chi connectivity index (χ3n) is 3.73. The van der Waals surface area contributed by atoms with E-state index < -0.39 is 6.03 Å². The Kier molecular flexibility index (Phi) is 5.44. The van der Waals surface area contributed by atoms with Gasteiger partial charge in [-0.2, -0.15) is 0 Å². The van der Waals surface area contributed by atoms with Crippen LogP contribution < -0.4 is 11.1 Å². The fourth-order valence-corrected chi connectivity index (χ4v) is 2.75. The zero-order chi connectivity index (χ0) is 16.1. The zero-order valence-corrected chi connectivity index (χ0v) is 13.3. The molecule has 1 atom stereocenters. The van der Waals surface area contributed by atoms with Gasteiger partial charge in [-0.25, -0.2) is 4.79 Å². The fraction of sp³-hybridized carbons (Fsp3) is 0.375. The lowest BCUT2D eigenvalue weighted by molar-refractivity contribution is -0.117. The minimum absolute atomic E-state index is 0.0475. The Morgan fingerprint density at radius 2 is 2.27 bits per heavy atom. The number of primary amides is 1. The average Bonchev–Trinajstić information content (AvgIpc) is 2.93. The second kappa shape index (κ2) is 7.31. The van der Waals surface area contributed by atoms with Gasteiger partial charge in [-0.3, -0.25) is 4.79 Å². The predicted octanol–water partition coefficient (Wildman–Crippen LogP) is 2.40. The van der Waals surface area contributed by atoms with Crippen LogP contribution in [0.3, 0.4) is 0 Å². The van der Waals surface area contributed by atoms with E-state index in [1.54, 1.807) is 12.1 Å². The lowest BCUT2D eigenvalue weighted by atomic mass is 10.0. The summed E-state index contributed by atoms with van der Waals surface area (Å²) in [7, 11) is 0. The lowest BCUT2D eigenvalue weighted by Crippen LogP contribution is -2.39. The van der Waals surface area contributed by atoms with Gasteiger partial charge in [0.2, 0.25) is 5.91 Å². The number of rotatable bonds is 4. The number of carbonyl (C=O) groups excluding carboxylic acids is 2. The summed E-state index contributed by atoms with van der Waals surface area (Å²) in [5.74, 6) is -0.159. The maximum absolute atomic E-state index is 12.1. The molecular formula is C16H20ClN3O2. The highest BCUT2D eigenvalue weighted by atomic mass is 35.5. The smallest absolute Gasteiger partial charge is 0.314 e. The molecule has 22 heavy (non-hydrogen) atoms. The van der Waals surface area contributed by atoms with Crippen LogP contribution in [0.15, 0.2) is 30.3 Å². The highest BCUT2D eigenvalue weighted by Gasteiger charge is 2.25. The number of nitrogens with two attached hydrogens (primary N) is 1. The molecule has 1 unspecified atom stereocenters. The third-order valence-corrected chi connectivity index (χ3v) is 3.96. The first-order valence-corrected chi connectivity index (χ1v) is 7.68. The van der Waals surface area contributed by atoms with E-state index in [0.717, 1.165) is 24.0 Å². The van der Waals surface area contributed by atoms with Gasteiger partial charge in [0.05, 0.1) is 0 Å². The quantitative estimate of drug-likeness (QED) is 0.836. The molecule has 118 valence electrons. The van der Waals surface area contributed by atoms with E-state index in [4.69, 9.17) is 17.3 Å². The zero-order valence-electron chi connectivity index (χ0n) is 12.5. The highest BCUT2D eigenvalue weighted by molar-refractivity contribution is 6.30. The lowest BCUT2D eigenvalue weighted by Gasteiger charge is -2.14. The van der Waals surface area contributed by atoms with E-state index in [0.29, 0.717) is 18.1 Å². The third kappa shape index (κ3) is 4.24. The summed E-state index contributed by atoms with van der Waals surface area (Å²) in [6.07, 6.45) is 3.05. The molecule has 1 fully saturated rings. The Balaban J connectivity index is 2.01. The molecule has 0 aliphatic carbocycles. The van der Waals surface area contributed by atoms with Crippen molar-refractivity contribution in [3.8, 4) is 0 Å². The highest BCUT2D eigenvalue weighted by Crippen LogP contribution is 2.21. The second-order valence-electron chi connectivity index (χ2n) is 5.31. The average molecular weight is 322 g/mol. The van der Waals surface area contributed by atoms with Gasteiger partial charge in [-0.15, -0.1) is 0 Å². The molecule has 1 aliphatic rings. The van der Waals surface area contributed by atoms with Crippen LogP contribution in [0.4, 0.5) is 4.79 Å². The number of amides is 3. The number of hydrogen-bond acceptors (Lipinski definition) is 2. The Labute approximate surface area is 135 Å². The van der Waals surface area contributed by atoms with Gasteiger partial charge in [0.15, 0.2) is 0 Å². The normalized spacial score (nSPS) is 18.4. The van der Waals surface area contributed by atoms with Crippen molar-refractivity contribution in [2.75, 3.05) is 13.1 Å². The maximum atomic E-state index is 12.1. The van der Waals surface area contributed by atoms with Gasteiger partial charge in [0.1, 0.15) is 0 Å². The molecule has 3 amide bonds. The molecule has 0 spiro atoms. The van der Waals surface area contributed by atoms with E-state index in [2.05, 4.69) is 5.32 Å². The first-order valence-electron chi connectivity index (χ1n) is 7.31. The Morgan fingerprint density at radius 1 is 1.50 bits per heavy atom. The van der Waals surface area contributed by atoms with Crippen molar-refractivity contribution in [2.45, 2.75) is 25.8 Å². The minimum Gasteiger partial charge on any atom is -0.351 e. The summed E-state index contributed by atoms with van der Waals surface area (Å²) in [6.45, 7) is 3.04. The largest absolute Gasteiger partial charge is 0.351 e. The number of nitrogens with one attached hydrogen (secondary N) is 1. The topological polar surface area (TPSA) is 75.4 Å². The van der Waals surface area contributed by atoms with Crippen LogP contribution >= 0.6 is 11.6 Å². The molecule has 2 rings (SSSR count). The summed E-state index contributed by atoms with van der Waals surface area (Å²) in [5, 5.41) is 3.56. The molecule has 1 aromatic rings. The minimum atomic E-state index is -0.444. The van der Waals surface area contributed by atoms with Crippen molar-refractivity contribution in [3.63, 3.8) is 0 Å². The first-order chi connectivity index (χ1) is 10.5. The summed E-state index contributed by atoms with van der Waals surface area (Å²) in [5.41, 5.74) is 7.09. The maximum Gasteiger partial charge on any atom is 0.314 e. The molecule has 0 bridgehead atoms. The fourth-order valence-electron chi connectivity index (χ4n) is 2.56. The first kappa shape index (κ1) is 16.4. The van der Waals surface area contributed by atoms with Crippen LogP contribution in [0, 0.1) is 0 Å².